The third-order valence-corrected chi connectivity index (χ3v) is 5.44. The van der Waals surface area contributed by atoms with Gasteiger partial charge in [-0.2, -0.15) is 0 Å². The maximum atomic E-state index is 12.6. The van der Waals surface area contributed by atoms with Crippen LogP contribution in [0.25, 0.3) is 5.69 Å². The zero-order chi connectivity index (χ0) is 22.3. The molecule has 1 fully saturated rings. The standard InChI is InChI=1S/C24H29N5O3/c1-3-32-22-10-5-4-9-21(22)26-23(30)18-27-13-15-28(16-14-27)24-25-11-12-29(24)19-7-6-8-20(17-19)31-2/h4-12,17H,3,13-16,18H2,1-2H3,(H,26,30). The fourth-order valence-corrected chi connectivity index (χ4v) is 3.84. The quantitative estimate of drug-likeness (QED) is 0.587. The highest BCUT2D eigenvalue weighted by molar-refractivity contribution is 5.93. The summed E-state index contributed by atoms with van der Waals surface area (Å²) >= 11 is 0. The Morgan fingerprint density at radius 3 is 2.69 bits per heavy atom. The Hall–Kier alpha value is -3.52. The lowest BCUT2D eigenvalue weighted by atomic mass is 10.2. The first-order valence-electron chi connectivity index (χ1n) is 10.8. The lowest BCUT2D eigenvalue weighted by Gasteiger charge is -2.35. The number of anilines is 2. The first kappa shape index (κ1) is 21.7. The predicted molar refractivity (Wildman–Crippen MR) is 125 cm³/mol. The summed E-state index contributed by atoms with van der Waals surface area (Å²) in [7, 11) is 1.67. The number of imidazole rings is 1. The summed E-state index contributed by atoms with van der Waals surface area (Å²) in [6.07, 6.45) is 3.77. The lowest BCUT2D eigenvalue weighted by molar-refractivity contribution is -0.117. The van der Waals surface area contributed by atoms with Gasteiger partial charge in [-0.3, -0.25) is 14.3 Å². The highest BCUT2D eigenvalue weighted by Crippen LogP contribution is 2.24. The van der Waals surface area contributed by atoms with Crippen LogP contribution in [-0.4, -0.2) is 66.8 Å². The van der Waals surface area contributed by atoms with E-state index in [0.29, 0.717) is 24.6 Å². The molecule has 32 heavy (non-hydrogen) atoms. The van der Waals surface area contributed by atoms with Gasteiger partial charge in [-0.05, 0) is 31.2 Å². The van der Waals surface area contributed by atoms with Crippen molar-refractivity contribution in [2.24, 2.45) is 0 Å². The van der Waals surface area contributed by atoms with Gasteiger partial charge in [-0.1, -0.05) is 18.2 Å². The molecule has 0 radical (unpaired) electrons. The first-order chi connectivity index (χ1) is 15.7. The third kappa shape index (κ3) is 5.03. The molecule has 0 atom stereocenters. The molecule has 1 aliphatic heterocycles. The average Bonchev–Trinajstić information content (AvgIpc) is 3.31. The van der Waals surface area contributed by atoms with E-state index >= 15 is 0 Å². The van der Waals surface area contributed by atoms with Gasteiger partial charge in [0, 0.05) is 44.6 Å². The molecule has 2 heterocycles. The molecule has 0 unspecified atom stereocenters. The van der Waals surface area contributed by atoms with Crippen LogP contribution in [0.3, 0.4) is 0 Å². The van der Waals surface area contributed by atoms with Crippen LogP contribution in [0.15, 0.2) is 60.9 Å². The first-order valence-corrected chi connectivity index (χ1v) is 10.8. The summed E-state index contributed by atoms with van der Waals surface area (Å²) in [6, 6.07) is 15.4. The van der Waals surface area contributed by atoms with Crippen LogP contribution < -0.4 is 19.7 Å². The van der Waals surface area contributed by atoms with Crippen molar-refractivity contribution in [1.29, 1.82) is 0 Å². The van der Waals surface area contributed by atoms with Gasteiger partial charge in [0.15, 0.2) is 0 Å². The maximum Gasteiger partial charge on any atom is 0.238 e. The number of hydrogen-bond donors (Lipinski definition) is 1. The average molecular weight is 436 g/mol. The van der Waals surface area contributed by atoms with Crippen molar-refractivity contribution in [2.75, 3.05) is 56.7 Å². The summed E-state index contributed by atoms with van der Waals surface area (Å²) in [5.74, 6) is 2.36. The number of aromatic nitrogens is 2. The van der Waals surface area contributed by atoms with E-state index in [4.69, 9.17) is 9.47 Å². The van der Waals surface area contributed by atoms with E-state index in [2.05, 4.69) is 24.7 Å². The van der Waals surface area contributed by atoms with Gasteiger partial charge in [0.1, 0.15) is 11.5 Å². The molecule has 0 aliphatic carbocycles. The minimum absolute atomic E-state index is 0.0384. The Balaban J connectivity index is 1.34. The van der Waals surface area contributed by atoms with Crippen LogP contribution in [-0.2, 0) is 4.79 Å². The fraction of sp³-hybridized carbons (Fsp3) is 0.333. The van der Waals surface area contributed by atoms with Gasteiger partial charge in [0.2, 0.25) is 11.9 Å². The summed E-state index contributed by atoms with van der Waals surface area (Å²) in [5, 5.41) is 2.98. The number of nitrogens with one attached hydrogen (secondary N) is 1. The molecule has 1 amide bonds. The van der Waals surface area contributed by atoms with Gasteiger partial charge in [-0.15, -0.1) is 0 Å². The van der Waals surface area contributed by atoms with E-state index in [1.165, 1.54) is 0 Å². The fourth-order valence-electron chi connectivity index (χ4n) is 3.84. The molecular formula is C24H29N5O3. The molecule has 1 aromatic heterocycles. The van der Waals surface area contributed by atoms with Crippen molar-refractivity contribution in [2.45, 2.75) is 6.92 Å². The second-order valence-corrected chi connectivity index (χ2v) is 7.54. The molecule has 1 N–H and O–H groups in total. The van der Waals surface area contributed by atoms with E-state index in [1.807, 2.05) is 67.8 Å². The molecule has 0 bridgehead atoms. The van der Waals surface area contributed by atoms with E-state index < -0.39 is 0 Å². The van der Waals surface area contributed by atoms with E-state index in [0.717, 1.165) is 43.6 Å². The van der Waals surface area contributed by atoms with Gasteiger partial charge in [0.25, 0.3) is 0 Å². The van der Waals surface area contributed by atoms with Crippen molar-refractivity contribution in [3.05, 3.63) is 60.9 Å². The molecule has 0 spiro atoms. The molecule has 4 rings (SSSR count). The molecule has 0 saturated carbocycles. The van der Waals surface area contributed by atoms with Crippen LogP contribution >= 0.6 is 0 Å². The number of hydrogen-bond acceptors (Lipinski definition) is 6. The summed E-state index contributed by atoms with van der Waals surface area (Å²) in [6.45, 7) is 5.99. The topological polar surface area (TPSA) is 71.9 Å². The minimum Gasteiger partial charge on any atom is -0.497 e. The van der Waals surface area contributed by atoms with E-state index in [9.17, 15) is 4.79 Å². The Kier molecular flexibility index (Phi) is 6.91. The summed E-state index contributed by atoms with van der Waals surface area (Å²) in [4.78, 5) is 21.6. The Labute approximate surface area is 188 Å². The normalized spacial score (nSPS) is 14.2. The van der Waals surface area contributed by atoms with Crippen molar-refractivity contribution in [1.82, 2.24) is 14.5 Å². The van der Waals surface area contributed by atoms with Crippen LogP contribution in [0, 0.1) is 0 Å². The molecular weight excluding hydrogens is 406 g/mol. The Morgan fingerprint density at radius 2 is 1.91 bits per heavy atom. The predicted octanol–water partition coefficient (Wildman–Crippen LogP) is 3.04. The van der Waals surface area contributed by atoms with Gasteiger partial charge in [0.05, 0.1) is 31.6 Å². The molecule has 168 valence electrons. The number of piperazine rings is 1. The zero-order valence-electron chi connectivity index (χ0n) is 18.5. The van der Waals surface area contributed by atoms with Crippen molar-refractivity contribution >= 4 is 17.5 Å². The van der Waals surface area contributed by atoms with Gasteiger partial charge < -0.3 is 19.7 Å². The zero-order valence-corrected chi connectivity index (χ0v) is 18.5. The monoisotopic (exact) mass is 435 g/mol. The molecule has 3 aromatic rings. The smallest absolute Gasteiger partial charge is 0.238 e. The van der Waals surface area contributed by atoms with Gasteiger partial charge >= 0.3 is 0 Å². The molecule has 8 heteroatoms. The van der Waals surface area contributed by atoms with Gasteiger partial charge in [-0.25, -0.2) is 4.98 Å². The molecule has 8 nitrogen and oxygen atoms in total. The van der Waals surface area contributed by atoms with Crippen molar-refractivity contribution in [3.63, 3.8) is 0 Å². The summed E-state index contributed by atoms with van der Waals surface area (Å²) in [5.41, 5.74) is 1.71. The number of para-hydroxylation sites is 2. The van der Waals surface area contributed by atoms with Crippen molar-refractivity contribution in [3.8, 4) is 17.2 Å². The number of methoxy groups -OCH3 is 1. The second-order valence-electron chi connectivity index (χ2n) is 7.54. The number of benzene rings is 2. The number of rotatable bonds is 8. The lowest BCUT2D eigenvalue weighted by Crippen LogP contribution is -2.49. The molecule has 1 aliphatic rings. The second kappa shape index (κ2) is 10.2. The highest BCUT2D eigenvalue weighted by atomic mass is 16.5. The third-order valence-electron chi connectivity index (χ3n) is 5.44. The molecule has 2 aromatic carbocycles. The number of carbonyl (C=O) groups is 1. The van der Waals surface area contributed by atoms with Crippen LogP contribution in [0.5, 0.6) is 11.5 Å². The maximum absolute atomic E-state index is 12.6. The SMILES string of the molecule is CCOc1ccccc1NC(=O)CN1CCN(c2nccn2-c2cccc(OC)c2)CC1. The number of amides is 1. The highest BCUT2D eigenvalue weighted by Gasteiger charge is 2.22. The number of nitrogens with zero attached hydrogens (tertiary/aromatic N) is 4. The van der Waals surface area contributed by atoms with E-state index in [-0.39, 0.29) is 5.91 Å². The number of carbonyl (C=O) groups excluding carboxylic acids is 1. The van der Waals surface area contributed by atoms with E-state index in [1.54, 1.807) is 7.11 Å². The largest absolute Gasteiger partial charge is 0.497 e. The Bertz CT molecular complexity index is 1040. The number of ether oxygens (including phenoxy) is 2. The van der Waals surface area contributed by atoms with Crippen LogP contribution in [0.4, 0.5) is 11.6 Å². The van der Waals surface area contributed by atoms with Crippen molar-refractivity contribution < 1.29 is 14.3 Å². The summed E-state index contributed by atoms with van der Waals surface area (Å²) < 4.78 is 13.0. The Morgan fingerprint density at radius 1 is 1.09 bits per heavy atom. The van der Waals surface area contributed by atoms with Crippen LogP contribution in [0.2, 0.25) is 0 Å². The molecule has 1 saturated heterocycles. The van der Waals surface area contributed by atoms with Crippen LogP contribution in [0.1, 0.15) is 6.92 Å². The minimum atomic E-state index is -0.0384.